The average Bonchev–Trinajstić information content (AvgIpc) is 2.23. The number of halogens is 4. The Morgan fingerprint density at radius 3 is 2.39 bits per heavy atom. The number of carbonyl (C=O) groups is 1. The predicted octanol–water partition coefficient (Wildman–Crippen LogP) is 2.89. The van der Waals surface area contributed by atoms with Crippen LogP contribution in [0.1, 0.15) is 13.8 Å². The third-order valence-corrected chi connectivity index (χ3v) is 3.48. The van der Waals surface area contributed by atoms with E-state index in [0.29, 0.717) is 0 Å². The van der Waals surface area contributed by atoms with Crippen LogP contribution in [0.15, 0.2) is 22.1 Å². The molecule has 0 heterocycles. The molecule has 0 amide bonds. The summed E-state index contributed by atoms with van der Waals surface area (Å²) in [6.45, 7) is 1.91. The van der Waals surface area contributed by atoms with Crippen molar-refractivity contribution in [3.63, 3.8) is 0 Å². The highest BCUT2D eigenvalue weighted by Gasteiger charge is 2.30. The smallest absolute Gasteiger partial charge is 0.412 e. The molecular weight excluding hydrogens is 293 g/mol. The Hall–Kier alpha value is -0.660. The first-order chi connectivity index (χ1) is 8.14. The molecule has 104 valence electrons. The lowest BCUT2D eigenvalue weighted by atomic mass is 10.3. The van der Waals surface area contributed by atoms with Gasteiger partial charge in [-0.15, -0.1) is 0 Å². The zero-order chi connectivity index (χ0) is 14.3. The number of alkyl halides is 3. The number of rotatable bonds is 5. The molecule has 0 saturated carbocycles. The lowest BCUT2D eigenvalue weighted by molar-refractivity contribution is -0.139. The third kappa shape index (κ3) is 7.62. The molecule has 0 aliphatic carbocycles. The standard InChI is InChI=1S/C10H12ClF3O3S/c1-7(10(12,13)14)4-6-18(16)9(11)3-5-17-8(2)15/h3-4H,5-6H2,1-2H3. The van der Waals surface area contributed by atoms with Gasteiger partial charge >= 0.3 is 12.1 Å². The van der Waals surface area contributed by atoms with Gasteiger partial charge in [-0.3, -0.25) is 4.79 Å². The molecule has 1 atom stereocenters. The van der Waals surface area contributed by atoms with Gasteiger partial charge < -0.3 is 9.29 Å². The van der Waals surface area contributed by atoms with E-state index in [1.165, 1.54) is 13.0 Å². The number of carbonyl (C=O) groups excluding carboxylic acids is 1. The van der Waals surface area contributed by atoms with Crippen molar-refractivity contribution in [1.82, 2.24) is 0 Å². The van der Waals surface area contributed by atoms with Crippen molar-refractivity contribution >= 4 is 28.7 Å². The van der Waals surface area contributed by atoms with Crippen molar-refractivity contribution in [2.24, 2.45) is 0 Å². The third-order valence-electron chi connectivity index (χ3n) is 1.74. The molecular formula is C10H12ClF3O3S. The summed E-state index contributed by atoms with van der Waals surface area (Å²) in [6.07, 6.45) is -2.45. The summed E-state index contributed by atoms with van der Waals surface area (Å²) in [5.41, 5.74) is -0.833. The van der Waals surface area contributed by atoms with Crippen molar-refractivity contribution in [3.05, 3.63) is 22.1 Å². The van der Waals surface area contributed by atoms with Crippen molar-refractivity contribution in [3.8, 4) is 0 Å². The first-order valence-corrected chi connectivity index (χ1v) is 6.45. The number of hydrogen-bond acceptors (Lipinski definition) is 3. The SMILES string of the molecule is CC(=O)OCC=C(Cl)[S+]([O-])CC=C(C)C(F)(F)F. The van der Waals surface area contributed by atoms with Crippen LogP contribution < -0.4 is 0 Å². The van der Waals surface area contributed by atoms with E-state index in [2.05, 4.69) is 4.74 Å². The molecule has 0 fully saturated rings. The number of ether oxygens (including phenoxy) is 1. The fraction of sp³-hybridized carbons (Fsp3) is 0.500. The largest absolute Gasteiger partial charge is 0.611 e. The molecule has 0 saturated heterocycles. The van der Waals surface area contributed by atoms with E-state index in [-0.39, 0.29) is 16.7 Å². The maximum atomic E-state index is 12.1. The van der Waals surface area contributed by atoms with Crippen molar-refractivity contribution in [1.29, 1.82) is 0 Å². The molecule has 0 aliphatic heterocycles. The van der Waals surface area contributed by atoms with E-state index in [1.807, 2.05) is 0 Å². The Labute approximate surface area is 111 Å². The van der Waals surface area contributed by atoms with Crippen LogP contribution >= 0.6 is 11.6 Å². The quantitative estimate of drug-likeness (QED) is 0.446. The molecule has 0 aliphatic rings. The zero-order valence-corrected chi connectivity index (χ0v) is 11.3. The lowest BCUT2D eigenvalue weighted by Gasteiger charge is -2.09. The van der Waals surface area contributed by atoms with Crippen LogP contribution in [0.2, 0.25) is 0 Å². The molecule has 0 aromatic heterocycles. The van der Waals surface area contributed by atoms with E-state index < -0.39 is 28.9 Å². The molecule has 8 heteroatoms. The Balaban J connectivity index is 4.32. The number of allylic oxidation sites excluding steroid dienone is 1. The van der Waals surface area contributed by atoms with Gasteiger partial charge in [-0.1, -0.05) is 0 Å². The normalized spacial score (nSPS) is 15.5. The van der Waals surface area contributed by atoms with Gasteiger partial charge in [0, 0.05) is 29.7 Å². The van der Waals surface area contributed by atoms with Crippen LogP contribution in [-0.4, -0.2) is 29.1 Å². The minimum atomic E-state index is -4.43. The fourth-order valence-corrected chi connectivity index (χ4v) is 1.78. The number of esters is 1. The summed E-state index contributed by atoms with van der Waals surface area (Å²) < 4.78 is 52.1. The monoisotopic (exact) mass is 304 g/mol. The van der Waals surface area contributed by atoms with Crippen molar-refractivity contribution < 1.29 is 27.3 Å². The second-order valence-corrected chi connectivity index (χ2v) is 5.30. The molecule has 0 spiro atoms. The van der Waals surface area contributed by atoms with Crippen LogP contribution in [0.5, 0.6) is 0 Å². The van der Waals surface area contributed by atoms with E-state index in [0.717, 1.165) is 13.0 Å². The van der Waals surface area contributed by atoms with Crippen LogP contribution in [0, 0.1) is 0 Å². The van der Waals surface area contributed by atoms with E-state index in [9.17, 15) is 22.5 Å². The Morgan fingerprint density at radius 2 is 1.94 bits per heavy atom. The molecule has 0 bridgehead atoms. The minimum Gasteiger partial charge on any atom is -0.611 e. The van der Waals surface area contributed by atoms with Crippen LogP contribution in [0.25, 0.3) is 0 Å². The van der Waals surface area contributed by atoms with Gasteiger partial charge in [-0.25, -0.2) is 0 Å². The molecule has 0 N–H and O–H groups in total. The van der Waals surface area contributed by atoms with Gasteiger partial charge in [0.1, 0.15) is 12.4 Å². The van der Waals surface area contributed by atoms with Gasteiger partial charge in [-0.05, 0) is 24.6 Å². The first-order valence-electron chi connectivity index (χ1n) is 4.76. The van der Waals surface area contributed by atoms with Crippen LogP contribution in [0.4, 0.5) is 13.2 Å². The highest BCUT2D eigenvalue weighted by atomic mass is 35.5. The summed E-state index contributed by atoms with van der Waals surface area (Å²) >= 11 is 3.80. The fourth-order valence-electron chi connectivity index (χ4n) is 0.714. The van der Waals surface area contributed by atoms with E-state index in [4.69, 9.17) is 11.6 Å². The second-order valence-electron chi connectivity index (χ2n) is 3.21. The van der Waals surface area contributed by atoms with Crippen LogP contribution in [-0.2, 0) is 20.7 Å². The summed E-state index contributed by atoms with van der Waals surface area (Å²) in [7, 11) is 0. The molecule has 0 radical (unpaired) electrons. The molecule has 18 heavy (non-hydrogen) atoms. The zero-order valence-electron chi connectivity index (χ0n) is 9.71. The Kier molecular flexibility index (Phi) is 7.42. The molecule has 0 aromatic carbocycles. The van der Waals surface area contributed by atoms with Gasteiger partial charge in [0.15, 0.2) is 0 Å². The maximum Gasteiger partial charge on any atom is 0.412 e. The van der Waals surface area contributed by atoms with Gasteiger partial charge in [-0.2, -0.15) is 13.2 Å². The minimum absolute atomic E-state index is 0.150. The average molecular weight is 305 g/mol. The topological polar surface area (TPSA) is 49.4 Å². The van der Waals surface area contributed by atoms with Gasteiger partial charge in [0.2, 0.25) is 4.36 Å². The Morgan fingerprint density at radius 1 is 1.39 bits per heavy atom. The van der Waals surface area contributed by atoms with E-state index in [1.54, 1.807) is 0 Å². The molecule has 1 unspecified atom stereocenters. The second kappa shape index (κ2) is 7.70. The Bertz CT molecular complexity index is 353. The summed E-state index contributed by atoms with van der Waals surface area (Å²) in [5, 5.41) is 0. The van der Waals surface area contributed by atoms with Gasteiger partial charge in [0.25, 0.3) is 0 Å². The highest BCUT2D eigenvalue weighted by molar-refractivity contribution is 7.96. The molecule has 3 nitrogen and oxygen atoms in total. The van der Waals surface area contributed by atoms with E-state index >= 15 is 0 Å². The molecule has 0 aromatic rings. The van der Waals surface area contributed by atoms with Crippen molar-refractivity contribution in [2.45, 2.75) is 20.0 Å². The number of hydrogen-bond donors (Lipinski definition) is 0. The highest BCUT2D eigenvalue weighted by Crippen LogP contribution is 2.25. The predicted molar refractivity (Wildman–Crippen MR) is 63.4 cm³/mol. The summed E-state index contributed by atoms with van der Waals surface area (Å²) in [6, 6.07) is 0. The van der Waals surface area contributed by atoms with Gasteiger partial charge in [0.05, 0.1) is 0 Å². The maximum absolute atomic E-state index is 12.1. The first kappa shape index (κ1) is 17.3. The summed E-state index contributed by atoms with van der Waals surface area (Å²) in [5.74, 6) is -0.880. The summed E-state index contributed by atoms with van der Waals surface area (Å²) in [4.78, 5) is 10.4. The van der Waals surface area contributed by atoms with Crippen LogP contribution in [0.3, 0.4) is 0 Å². The molecule has 0 rings (SSSR count). The lowest BCUT2D eigenvalue weighted by Crippen LogP contribution is -2.12. The van der Waals surface area contributed by atoms with Crippen molar-refractivity contribution in [2.75, 3.05) is 12.4 Å².